The van der Waals surface area contributed by atoms with Crippen molar-refractivity contribution < 1.29 is 5.11 Å². The summed E-state index contributed by atoms with van der Waals surface area (Å²) in [7, 11) is 0. The summed E-state index contributed by atoms with van der Waals surface area (Å²) in [6.07, 6.45) is 2.50. The minimum Gasteiger partial charge on any atom is -0.392 e. The van der Waals surface area contributed by atoms with Gasteiger partial charge in [0.25, 0.3) is 0 Å². The SMILES string of the molecule is CC(C)c1cc(CO)cc(N2CCC(C(C)C)CC2)n1. The van der Waals surface area contributed by atoms with Crippen LogP contribution in [-0.2, 0) is 6.61 Å². The normalized spacial score (nSPS) is 17.2. The van der Waals surface area contributed by atoms with Gasteiger partial charge in [0.15, 0.2) is 0 Å². The Labute approximate surface area is 123 Å². The molecule has 2 rings (SSSR count). The molecule has 1 aliphatic heterocycles. The number of hydrogen-bond donors (Lipinski definition) is 1. The lowest BCUT2D eigenvalue weighted by molar-refractivity contribution is 0.281. The highest BCUT2D eigenvalue weighted by molar-refractivity contribution is 5.43. The van der Waals surface area contributed by atoms with Crippen LogP contribution in [-0.4, -0.2) is 23.2 Å². The molecule has 0 radical (unpaired) electrons. The fourth-order valence-corrected chi connectivity index (χ4v) is 2.94. The Bertz CT molecular complexity index is 435. The first-order valence-electron chi connectivity index (χ1n) is 7.88. The van der Waals surface area contributed by atoms with Crippen LogP contribution >= 0.6 is 0 Å². The zero-order valence-electron chi connectivity index (χ0n) is 13.3. The molecule has 0 aliphatic carbocycles. The third kappa shape index (κ3) is 3.51. The van der Waals surface area contributed by atoms with Gasteiger partial charge in [0.2, 0.25) is 0 Å². The first-order chi connectivity index (χ1) is 9.51. The maximum atomic E-state index is 9.44. The molecule has 112 valence electrons. The van der Waals surface area contributed by atoms with Crippen molar-refractivity contribution in [3.8, 4) is 0 Å². The number of aliphatic hydroxyl groups is 1. The van der Waals surface area contributed by atoms with Gasteiger partial charge in [-0.05, 0) is 48.3 Å². The molecule has 3 heteroatoms. The molecule has 3 nitrogen and oxygen atoms in total. The van der Waals surface area contributed by atoms with E-state index in [1.165, 1.54) is 12.8 Å². The van der Waals surface area contributed by atoms with Crippen molar-refractivity contribution in [1.82, 2.24) is 4.98 Å². The number of piperidine rings is 1. The molecule has 1 saturated heterocycles. The summed E-state index contributed by atoms with van der Waals surface area (Å²) in [5.41, 5.74) is 2.06. The van der Waals surface area contributed by atoms with Crippen LogP contribution in [0.25, 0.3) is 0 Å². The molecule has 0 spiro atoms. The fourth-order valence-electron chi connectivity index (χ4n) is 2.94. The molecule has 1 aliphatic rings. The van der Waals surface area contributed by atoms with Gasteiger partial charge in [-0.2, -0.15) is 0 Å². The van der Waals surface area contributed by atoms with E-state index in [1.54, 1.807) is 0 Å². The molecule has 0 bridgehead atoms. The lowest BCUT2D eigenvalue weighted by Gasteiger charge is -2.35. The van der Waals surface area contributed by atoms with Gasteiger partial charge in [-0.3, -0.25) is 0 Å². The highest BCUT2D eigenvalue weighted by Crippen LogP contribution is 2.28. The number of rotatable bonds is 4. The molecule has 0 unspecified atom stereocenters. The average molecular weight is 276 g/mol. The zero-order valence-corrected chi connectivity index (χ0v) is 13.3. The van der Waals surface area contributed by atoms with Gasteiger partial charge in [-0.25, -0.2) is 4.98 Å². The predicted molar refractivity (Wildman–Crippen MR) is 84.0 cm³/mol. The van der Waals surface area contributed by atoms with E-state index >= 15 is 0 Å². The van der Waals surface area contributed by atoms with Gasteiger partial charge in [-0.1, -0.05) is 27.7 Å². The standard InChI is InChI=1S/C17H28N2O/c1-12(2)15-5-7-19(8-6-15)17-10-14(11-20)9-16(18-17)13(3)4/h9-10,12-13,15,20H,5-8,11H2,1-4H3. The van der Waals surface area contributed by atoms with Crippen LogP contribution < -0.4 is 4.90 Å². The Balaban J connectivity index is 2.15. The van der Waals surface area contributed by atoms with E-state index in [-0.39, 0.29) is 6.61 Å². The lowest BCUT2D eigenvalue weighted by atomic mass is 9.87. The van der Waals surface area contributed by atoms with Crippen LogP contribution in [0.5, 0.6) is 0 Å². The quantitative estimate of drug-likeness (QED) is 0.913. The van der Waals surface area contributed by atoms with Crippen LogP contribution in [0.3, 0.4) is 0 Å². The second-order valence-electron chi connectivity index (χ2n) is 6.64. The highest BCUT2D eigenvalue weighted by atomic mass is 16.3. The van der Waals surface area contributed by atoms with Crippen molar-refractivity contribution in [3.63, 3.8) is 0 Å². The zero-order chi connectivity index (χ0) is 14.7. The van der Waals surface area contributed by atoms with Crippen molar-refractivity contribution in [2.75, 3.05) is 18.0 Å². The Morgan fingerprint density at radius 2 is 1.85 bits per heavy atom. The summed E-state index contributed by atoms with van der Waals surface area (Å²) in [4.78, 5) is 7.17. The molecule has 20 heavy (non-hydrogen) atoms. The number of aliphatic hydroxyl groups excluding tert-OH is 1. The van der Waals surface area contributed by atoms with Crippen molar-refractivity contribution in [2.24, 2.45) is 11.8 Å². The summed E-state index contributed by atoms with van der Waals surface area (Å²) in [5.74, 6) is 3.06. The van der Waals surface area contributed by atoms with E-state index in [1.807, 2.05) is 12.1 Å². The molecule has 0 saturated carbocycles. The fraction of sp³-hybridized carbons (Fsp3) is 0.706. The second-order valence-corrected chi connectivity index (χ2v) is 6.64. The van der Waals surface area contributed by atoms with Crippen LogP contribution in [0.2, 0.25) is 0 Å². The summed E-state index contributed by atoms with van der Waals surface area (Å²) < 4.78 is 0. The summed E-state index contributed by atoms with van der Waals surface area (Å²) in [6, 6.07) is 4.07. The monoisotopic (exact) mass is 276 g/mol. The van der Waals surface area contributed by atoms with E-state index in [4.69, 9.17) is 4.98 Å². The molecule has 0 amide bonds. The number of nitrogens with zero attached hydrogens (tertiary/aromatic N) is 2. The van der Waals surface area contributed by atoms with Crippen molar-refractivity contribution in [3.05, 3.63) is 23.4 Å². The number of pyridine rings is 1. The molecule has 1 aromatic rings. The Morgan fingerprint density at radius 1 is 1.20 bits per heavy atom. The summed E-state index contributed by atoms with van der Waals surface area (Å²) in [5, 5.41) is 9.44. The van der Waals surface area contributed by atoms with Crippen LogP contribution in [0, 0.1) is 11.8 Å². The minimum absolute atomic E-state index is 0.0949. The Morgan fingerprint density at radius 3 is 2.35 bits per heavy atom. The highest BCUT2D eigenvalue weighted by Gasteiger charge is 2.22. The molecule has 1 N–H and O–H groups in total. The predicted octanol–water partition coefficient (Wildman–Crippen LogP) is 3.57. The third-order valence-electron chi connectivity index (χ3n) is 4.47. The van der Waals surface area contributed by atoms with E-state index in [2.05, 4.69) is 32.6 Å². The lowest BCUT2D eigenvalue weighted by Crippen LogP contribution is -2.36. The summed E-state index contributed by atoms with van der Waals surface area (Å²) >= 11 is 0. The largest absolute Gasteiger partial charge is 0.392 e. The molecular weight excluding hydrogens is 248 g/mol. The van der Waals surface area contributed by atoms with Crippen molar-refractivity contribution in [2.45, 2.75) is 53.1 Å². The molecule has 0 atom stereocenters. The maximum absolute atomic E-state index is 9.44. The molecule has 0 aromatic carbocycles. The first kappa shape index (κ1) is 15.3. The van der Waals surface area contributed by atoms with Crippen molar-refractivity contribution in [1.29, 1.82) is 0 Å². The van der Waals surface area contributed by atoms with Gasteiger partial charge < -0.3 is 10.0 Å². The number of anilines is 1. The average Bonchev–Trinajstić information content (AvgIpc) is 2.46. The maximum Gasteiger partial charge on any atom is 0.129 e. The smallest absolute Gasteiger partial charge is 0.129 e. The van der Waals surface area contributed by atoms with Crippen LogP contribution in [0.1, 0.15) is 57.7 Å². The van der Waals surface area contributed by atoms with Gasteiger partial charge in [-0.15, -0.1) is 0 Å². The third-order valence-corrected chi connectivity index (χ3v) is 4.47. The van der Waals surface area contributed by atoms with Gasteiger partial charge in [0.05, 0.1) is 6.61 Å². The van der Waals surface area contributed by atoms with Crippen LogP contribution in [0.4, 0.5) is 5.82 Å². The van der Waals surface area contributed by atoms with Gasteiger partial charge in [0.1, 0.15) is 5.82 Å². The van der Waals surface area contributed by atoms with E-state index in [0.29, 0.717) is 5.92 Å². The van der Waals surface area contributed by atoms with E-state index < -0.39 is 0 Å². The second kappa shape index (κ2) is 6.57. The van der Waals surface area contributed by atoms with Gasteiger partial charge in [0, 0.05) is 18.8 Å². The topological polar surface area (TPSA) is 36.4 Å². The van der Waals surface area contributed by atoms with E-state index in [0.717, 1.165) is 42.0 Å². The molecule has 2 heterocycles. The Hall–Kier alpha value is -1.09. The van der Waals surface area contributed by atoms with E-state index in [9.17, 15) is 5.11 Å². The van der Waals surface area contributed by atoms with Crippen molar-refractivity contribution >= 4 is 5.82 Å². The molecular formula is C17H28N2O. The number of aromatic nitrogens is 1. The summed E-state index contributed by atoms with van der Waals surface area (Å²) in [6.45, 7) is 11.2. The van der Waals surface area contributed by atoms with Crippen LogP contribution in [0.15, 0.2) is 12.1 Å². The number of hydrogen-bond acceptors (Lipinski definition) is 3. The minimum atomic E-state index is 0.0949. The Kier molecular flexibility index (Phi) is 5.03. The molecule has 1 fully saturated rings. The van der Waals surface area contributed by atoms with Gasteiger partial charge >= 0.3 is 0 Å². The molecule has 1 aromatic heterocycles. The first-order valence-corrected chi connectivity index (χ1v) is 7.88.